The molecule has 0 aromatic carbocycles. The van der Waals surface area contributed by atoms with Crippen LogP contribution in [0.25, 0.3) is 0 Å². The Morgan fingerprint density at radius 2 is 0.581 bits per heavy atom. The van der Waals surface area contributed by atoms with Crippen molar-refractivity contribution in [2.75, 3.05) is 13.2 Å². The van der Waals surface area contributed by atoms with Crippen LogP contribution in [0, 0.1) is 0 Å². The maximum atomic E-state index is 12.5. The fraction of sp³-hybridized carbons (Fsp3) is 0.900. The third-order valence-electron chi connectivity index (χ3n) is 18.4. The molecule has 508 valence electrons. The minimum absolute atomic E-state index is 0.0102. The maximum absolute atomic E-state index is 12.5. The molecule has 0 saturated carbocycles. The van der Waals surface area contributed by atoms with Gasteiger partial charge in [-0.3, -0.25) is 9.59 Å². The first-order valence-electron chi connectivity index (χ1n) is 39.3. The number of carbonyl (C=O) groups excluding carboxylic acids is 2. The molecular formula is C80H153NO5. The average molecular weight is 1210 g/mol. The molecule has 86 heavy (non-hydrogen) atoms. The normalized spacial score (nSPS) is 12.7. The molecule has 0 bridgehead atoms. The number of aliphatic hydroxyl groups is 2. The first-order chi connectivity index (χ1) is 42.5. The lowest BCUT2D eigenvalue weighted by molar-refractivity contribution is -0.143. The second kappa shape index (κ2) is 75.5. The van der Waals surface area contributed by atoms with Gasteiger partial charge < -0.3 is 20.3 Å². The second-order valence-corrected chi connectivity index (χ2v) is 27.0. The number of hydrogen-bond donors (Lipinski definition) is 3. The van der Waals surface area contributed by atoms with E-state index in [1.54, 1.807) is 6.08 Å². The van der Waals surface area contributed by atoms with Gasteiger partial charge in [0, 0.05) is 12.8 Å². The highest BCUT2D eigenvalue weighted by Gasteiger charge is 2.18. The Hall–Kier alpha value is -1.92. The summed E-state index contributed by atoms with van der Waals surface area (Å²) in [5.41, 5.74) is 0. The second-order valence-electron chi connectivity index (χ2n) is 27.0. The van der Waals surface area contributed by atoms with Crippen molar-refractivity contribution in [2.24, 2.45) is 0 Å². The van der Waals surface area contributed by atoms with Crippen molar-refractivity contribution >= 4 is 11.9 Å². The van der Waals surface area contributed by atoms with E-state index in [4.69, 9.17) is 4.74 Å². The molecular weight excluding hydrogens is 1050 g/mol. The topological polar surface area (TPSA) is 95.9 Å². The van der Waals surface area contributed by atoms with Gasteiger partial charge in [-0.15, -0.1) is 0 Å². The van der Waals surface area contributed by atoms with Crippen LogP contribution < -0.4 is 5.32 Å². The Balaban J connectivity index is 3.31. The lowest BCUT2D eigenvalue weighted by Gasteiger charge is -2.20. The molecule has 0 aromatic rings. The van der Waals surface area contributed by atoms with Crippen LogP contribution in [0.5, 0.6) is 0 Å². The average Bonchev–Trinajstić information content (AvgIpc) is 3.60. The van der Waals surface area contributed by atoms with Crippen LogP contribution in [0.1, 0.15) is 438 Å². The maximum Gasteiger partial charge on any atom is 0.305 e. The molecule has 0 fully saturated rings. The van der Waals surface area contributed by atoms with Crippen molar-refractivity contribution < 1.29 is 24.5 Å². The number of nitrogens with one attached hydrogen (secondary N) is 1. The Morgan fingerprint density at radius 1 is 0.326 bits per heavy atom. The van der Waals surface area contributed by atoms with Crippen molar-refractivity contribution in [3.8, 4) is 0 Å². The molecule has 2 unspecified atom stereocenters. The number of hydrogen-bond acceptors (Lipinski definition) is 5. The van der Waals surface area contributed by atoms with Gasteiger partial charge in [-0.05, 0) is 64.2 Å². The van der Waals surface area contributed by atoms with Gasteiger partial charge in [0.1, 0.15) is 0 Å². The van der Waals surface area contributed by atoms with Gasteiger partial charge in [0.15, 0.2) is 0 Å². The zero-order chi connectivity index (χ0) is 62.0. The first-order valence-corrected chi connectivity index (χ1v) is 39.3. The molecule has 3 N–H and O–H groups in total. The van der Waals surface area contributed by atoms with E-state index >= 15 is 0 Å². The van der Waals surface area contributed by atoms with Crippen molar-refractivity contribution in [1.29, 1.82) is 0 Å². The van der Waals surface area contributed by atoms with Crippen molar-refractivity contribution in [2.45, 2.75) is 450 Å². The van der Waals surface area contributed by atoms with E-state index in [1.165, 1.54) is 360 Å². The van der Waals surface area contributed by atoms with Crippen LogP contribution in [0.15, 0.2) is 36.5 Å². The van der Waals surface area contributed by atoms with Gasteiger partial charge in [-0.25, -0.2) is 0 Å². The molecule has 0 rings (SSSR count). The summed E-state index contributed by atoms with van der Waals surface area (Å²) in [6, 6.07) is -0.623. The summed E-state index contributed by atoms with van der Waals surface area (Å²) in [6.45, 7) is 4.92. The number of amides is 1. The van der Waals surface area contributed by atoms with Gasteiger partial charge >= 0.3 is 5.97 Å². The lowest BCUT2D eigenvalue weighted by Crippen LogP contribution is -2.45. The summed E-state index contributed by atoms with van der Waals surface area (Å²) in [4.78, 5) is 24.6. The van der Waals surface area contributed by atoms with Crippen LogP contribution >= 0.6 is 0 Å². The molecule has 0 heterocycles. The highest BCUT2D eigenvalue weighted by atomic mass is 16.5. The van der Waals surface area contributed by atoms with E-state index in [2.05, 4.69) is 43.5 Å². The van der Waals surface area contributed by atoms with E-state index in [0.29, 0.717) is 19.4 Å². The Bertz CT molecular complexity index is 1390. The van der Waals surface area contributed by atoms with Gasteiger partial charge in [-0.2, -0.15) is 0 Å². The number of unbranched alkanes of at least 4 members (excludes halogenated alkanes) is 59. The molecule has 6 nitrogen and oxygen atoms in total. The van der Waals surface area contributed by atoms with Crippen LogP contribution in [-0.2, 0) is 14.3 Å². The summed E-state index contributed by atoms with van der Waals surface area (Å²) < 4.78 is 5.50. The van der Waals surface area contributed by atoms with Crippen molar-refractivity contribution in [1.82, 2.24) is 5.32 Å². The number of aliphatic hydroxyl groups excluding tert-OH is 2. The van der Waals surface area contributed by atoms with E-state index in [0.717, 1.165) is 51.4 Å². The molecule has 0 aliphatic rings. The highest BCUT2D eigenvalue weighted by molar-refractivity contribution is 5.76. The molecule has 6 heteroatoms. The molecule has 0 saturated heterocycles. The van der Waals surface area contributed by atoms with E-state index in [-0.39, 0.29) is 18.5 Å². The smallest absolute Gasteiger partial charge is 0.305 e. The zero-order valence-electron chi connectivity index (χ0n) is 58.3. The lowest BCUT2D eigenvalue weighted by atomic mass is 10.0. The van der Waals surface area contributed by atoms with Crippen LogP contribution in [0.4, 0.5) is 0 Å². The minimum Gasteiger partial charge on any atom is -0.466 e. The van der Waals surface area contributed by atoms with Crippen LogP contribution in [-0.4, -0.2) is 47.4 Å². The van der Waals surface area contributed by atoms with Gasteiger partial charge in [0.25, 0.3) is 0 Å². The number of carbonyl (C=O) groups is 2. The Labute approximate surface area is 538 Å². The molecule has 0 spiro atoms. The highest BCUT2D eigenvalue weighted by Crippen LogP contribution is 2.20. The van der Waals surface area contributed by atoms with Crippen LogP contribution in [0.3, 0.4) is 0 Å². The first kappa shape index (κ1) is 84.1. The van der Waals surface area contributed by atoms with E-state index in [1.807, 2.05) is 6.08 Å². The number of esters is 1. The fourth-order valence-electron chi connectivity index (χ4n) is 12.4. The predicted molar refractivity (Wildman–Crippen MR) is 379 cm³/mol. The monoisotopic (exact) mass is 1210 g/mol. The Morgan fingerprint density at radius 3 is 0.895 bits per heavy atom. The van der Waals surface area contributed by atoms with Gasteiger partial charge in [-0.1, -0.05) is 397 Å². The number of ether oxygens (including phenoxy) is 1. The largest absolute Gasteiger partial charge is 0.466 e. The molecule has 2 atom stereocenters. The quantitative estimate of drug-likeness (QED) is 0.0320. The molecule has 0 aliphatic heterocycles. The standard InChI is InChI=1S/C80H153NO5/c1-3-5-7-9-11-13-15-17-19-44-48-52-56-60-64-68-72-78(83)77(76-82)81-79(84)73-69-65-61-57-53-49-45-42-40-38-36-34-32-30-28-26-24-22-21-23-25-27-29-31-33-35-37-39-41-43-47-51-55-59-63-67-71-75-86-80(85)74-70-66-62-58-54-50-46-20-18-16-14-12-10-8-6-4-2/h14,16,20,46,68,72,77-78,82-83H,3-13,15,17-19,21-45,47-67,69-71,73-76H2,1-2H3,(H,81,84)/b16-14-,46-20-,72-68+. The molecule has 0 aliphatic carbocycles. The SMILES string of the molecule is CCCCCC/C=C\C/C=C\CCCCCCCC(=O)OCCCCCCCCCCCCCCCCCCCCCCCCCCCCCCCCCCCCCCCC(=O)NC(CO)C(O)/C=C/CCCCCCCCCCCCCCCC. The third kappa shape index (κ3) is 71.2. The summed E-state index contributed by atoms with van der Waals surface area (Å²) in [5.74, 6) is -0.0489. The molecule has 0 radical (unpaired) electrons. The summed E-state index contributed by atoms with van der Waals surface area (Å²) in [5, 5.41) is 23.2. The molecule has 1 amide bonds. The fourth-order valence-corrected chi connectivity index (χ4v) is 12.4. The van der Waals surface area contributed by atoms with Crippen LogP contribution in [0.2, 0.25) is 0 Å². The third-order valence-corrected chi connectivity index (χ3v) is 18.4. The Kier molecular flexibility index (Phi) is 73.9. The number of rotatable bonds is 74. The van der Waals surface area contributed by atoms with Crippen molar-refractivity contribution in [3.05, 3.63) is 36.5 Å². The minimum atomic E-state index is -0.840. The zero-order valence-corrected chi connectivity index (χ0v) is 58.3. The summed E-state index contributed by atoms with van der Waals surface area (Å²) >= 11 is 0. The van der Waals surface area contributed by atoms with Crippen molar-refractivity contribution in [3.63, 3.8) is 0 Å². The van der Waals surface area contributed by atoms with E-state index in [9.17, 15) is 19.8 Å². The van der Waals surface area contributed by atoms with Gasteiger partial charge in [0.2, 0.25) is 5.91 Å². The molecule has 0 aromatic heterocycles. The predicted octanol–water partition coefficient (Wildman–Crippen LogP) is 25.8. The summed E-state index contributed by atoms with van der Waals surface area (Å²) in [6.07, 6.45) is 98.4. The van der Waals surface area contributed by atoms with E-state index < -0.39 is 12.1 Å². The summed E-state index contributed by atoms with van der Waals surface area (Å²) in [7, 11) is 0. The van der Waals surface area contributed by atoms with Gasteiger partial charge in [0.05, 0.1) is 25.4 Å². The number of allylic oxidation sites excluding steroid dienone is 5.